The lowest BCUT2D eigenvalue weighted by Gasteiger charge is -2.37. The third-order valence-corrected chi connectivity index (χ3v) is 7.41. The first-order chi connectivity index (χ1) is 16.5. The minimum absolute atomic E-state index is 0.250. The lowest BCUT2D eigenvalue weighted by molar-refractivity contribution is -1.01. The first-order valence-electron chi connectivity index (χ1n) is 11.7. The molecule has 0 radical (unpaired) electrons. The van der Waals surface area contributed by atoms with Gasteiger partial charge in [-0.15, -0.1) is 0 Å². The number of nitrogens with one attached hydrogen (secondary N) is 2. The van der Waals surface area contributed by atoms with Crippen LogP contribution in [0.4, 0.5) is 0 Å². The summed E-state index contributed by atoms with van der Waals surface area (Å²) in [5.41, 5.74) is 2.15. The summed E-state index contributed by atoms with van der Waals surface area (Å²) in [4.78, 5) is 3.00. The highest BCUT2D eigenvalue weighted by Gasteiger charge is 2.38. The highest BCUT2D eigenvalue weighted by molar-refractivity contribution is 6.31. The van der Waals surface area contributed by atoms with Gasteiger partial charge in [-0.1, -0.05) is 71.2 Å². The van der Waals surface area contributed by atoms with E-state index in [9.17, 15) is 5.11 Å². The number of benzene rings is 3. The van der Waals surface area contributed by atoms with Gasteiger partial charge in [0.2, 0.25) is 0 Å². The summed E-state index contributed by atoms with van der Waals surface area (Å²) in [7, 11) is 0. The van der Waals surface area contributed by atoms with Crippen LogP contribution in [0.15, 0.2) is 72.8 Å². The second-order valence-corrected chi connectivity index (χ2v) is 10.1. The number of hydrogen-bond acceptors (Lipinski definition) is 2. The summed E-state index contributed by atoms with van der Waals surface area (Å²) >= 11 is 18.7. The van der Waals surface area contributed by atoms with E-state index in [0.717, 1.165) is 56.0 Å². The molecule has 1 aliphatic heterocycles. The summed E-state index contributed by atoms with van der Waals surface area (Å²) in [5.74, 6) is 0. The van der Waals surface area contributed by atoms with Gasteiger partial charge in [0, 0.05) is 15.1 Å². The van der Waals surface area contributed by atoms with Gasteiger partial charge in [-0.25, -0.2) is 0 Å². The molecule has 0 aliphatic carbocycles. The molecule has 0 amide bonds. The van der Waals surface area contributed by atoms with Gasteiger partial charge >= 0.3 is 0 Å². The van der Waals surface area contributed by atoms with Gasteiger partial charge in [0.1, 0.15) is 44.9 Å². The van der Waals surface area contributed by atoms with E-state index in [1.807, 2.05) is 72.8 Å². The van der Waals surface area contributed by atoms with Gasteiger partial charge in [0.25, 0.3) is 0 Å². The SMILES string of the molecule is OCC[NH+]1CC[NH+](CCOC(c2ccc(Cl)cc2)(c2ccc(Cl)cc2)c2ccc(Cl)cc2)CC1. The number of halogens is 3. The molecule has 1 fully saturated rings. The highest BCUT2D eigenvalue weighted by atomic mass is 35.5. The van der Waals surface area contributed by atoms with Crippen molar-refractivity contribution in [3.63, 3.8) is 0 Å². The number of rotatable bonds is 9. The lowest BCUT2D eigenvalue weighted by Crippen LogP contribution is -3.28. The Morgan fingerprint density at radius 1 is 0.618 bits per heavy atom. The van der Waals surface area contributed by atoms with E-state index in [0.29, 0.717) is 21.7 Å². The van der Waals surface area contributed by atoms with Gasteiger partial charge in [-0.2, -0.15) is 0 Å². The molecule has 3 N–H and O–H groups in total. The van der Waals surface area contributed by atoms with E-state index in [1.54, 1.807) is 0 Å². The van der Waals surface area contributed by atoms with E-state index in [1.165, 1.54) is 9.80 Å². The second-order valence-electron chi connectivity index (χ2n) is 8.77. The van der Waals surface area contributed by atoms with Crippen LogP contribution in [0.2, 0.25) is 15.1 Å². The summed E-state index contributed by atoms with van der Waals surface area (Å²) in [5, 5.41) is 11.3. The molecule has 1 heterocycles. The number of hydrogen-bond donors (Lipinski definition) is 3. The number of aliphatic hydroxyl groups excluding tert-OH is 1. The smallest absolute Gasteiger partial charge is 0.144 e. The van der Waals surface area contributed by atoms with Crippen LogP contribution in [0, 0.1) is 0 Å². The molecular weight excluding hydrogens is 491 g/mol. The van der Waals surface area contributed by atoms with Crippen molar-refractivity contribution in [1.29, 1.82) is 0 Å². The third-order valence-electron chi connectivity index (χ3n) is 6.66. The van der Waals surface area contributed by atoms with Crippen molar-refractivity contribution in [3.8, 4) is 0 Å². The fourth-order valence-electron chi connectivity index (χ4n) is 4.77. The Labute approximate surface area is 216 Å². The number of quaternary nitrogens is 2. The van der Waals surface area contributed by atoms with Gasteiger partial charge in [0.15, 0.2) is 0 Å². The van der Waals surface area contributed by atoms with Crippen molar-refractivity contribution < 1.29 is 19.6 Å². The standard InChI is InChI=1S/C27H29Cl3N2O2/c28-24-7-1-21(2-8-24)27(22-3-9-25(29)10-4-22,23-5-11-26(30)12-6-23)34-20-18-32-15-13-31(14-16-32)17-19-33/h1-12,33H,13-20H2/p+2. The predicted octanol–water partition coefficient (Wildman–Crippen LogP) is 2.73. The topological polar surface area (TPSA) is 38.3 Å². The number of piperazine rings is 1. The van der Waals surface area contributed by atoms with Crippen LogP contribution in [0.1, 0.15) is 16.7 Å². The molecule has 1 aliphatic rings. The Kier molecular flexibility index (Phi) is 8.89. The van der Waals surface area contributed by atoms with Crippen molar-refractivity contribution in [3.05, 3.63) is 105 Å². The van der Waals surface area contributed by atoms with Crippen molar-refractivity contribution in [2.24, 2.45) is 0 Å². The van der Waals surface area contributed by atoms with Crippen LogP contribution in [0.25, 0.3) is 0 Å². The molecular formula is C27H31Cl3N2O2+2. The first kappa shape index (κ1) is 25.5. The largest absolute Gasteiger partial charge is 0.391 e. The quantitative estimate of drug-likeness (QED) is 0.379. The monoisotopic (exact) mass is 520 g/mol. The molecule has 7 heteroatoms. The zero-order valence-electron chi connectivity index (χ0n) is 19.1. The predicted molar refractivity (Wildman–Crippen MR) is 138 cm³/mol. The Bertz CT molecular complexity index is 924. The summed E-state index contributed by atoms with van der Waals surface area (Å²) < 4.78 is 6.89. The fraction of sp³-hybridized carbons (Fsp3) is 0.333. The van der Waals surface area contributed by atoms with Crippen LogP contribution in [-0.4, -0.2) is 57.6 Å². The van der Waals surface area contributed by atoms with E-state index in [-0.39, 0.29) is 6.61 Å². The maximum Gasteiger partial charge on any atom is 0.144 e. The Morgan fingerprint density at radius 3 is 1.32 bits per heavy atom. The lowest BCUT2D eigenvalue weighted by atomic mass is 9.80. The van der Waals surface area contributed by atoms with Gasteiger partial charge in [0.05, 0.1) is 13.2 Å². The van der Waals surface area contributed by atoms with Crippen LogP contribution in [0.3, 0.4) is 0 Å². The molecule has 0 bridgehead atoms. The zero-order valence-corrected chi connectivity index (χ0v) is 21.3. The molecule has 0 atom stereocenters. The molecule has 180 valence electrons. The van der Waals surface area contributed by atoms with Crippen LogP contribution < -0.4 is 9.80 Å². The van der Waals surface area contributed by atoms with Crippen molar-refractivity contribution in [2.75, 3.05) is 52.5 Å². The molecule has 1 saturated heterocycles. The second kappa shape index (κ2) is 11.9. The fourth-order valence-corrected chi connectivity index (χ4v) is 5.15. The van der Waals surface area contributed by atoms with Crippen molar-refractivity contribution >= 4 is 34.8 Å². The Balaban J connectivity index is 1.65. The highest BCUT2D eigenvalue weighted by Crippen LogP contribution is 2.41. The minimum atomic E-state index is -0.830. The maximum absolute atomic E-state index is 9.22. The maximum atomic E-state index is 9.22. The van der Waals surface area contributed by atoms with Crippen molar-refractivity contribution in [2.45, 2.75) is 5.60 Å². The number of ether oxygens (including phenoxy) is 1. The van der Waals surface area contributed by atoms with Gasteiger partial charge in [-0.3, -0.25) is 0 Å². The Morgan fingerprint density at radius 2 is 0.971 bits per heavy atom. The summed E-state index contributed by atoms with van der Waals surface area (Å²) in [6, 6.07) is 23.5. The molecule has 34 heavy (non-hydrogen) atoms. The molecule has 4 rings (SSSR count). The molecule has 0 saturated carbocycles. The summed E-state index contributed by atoms with van der Waals surface area (Å²) in [6.45, 7) is 6.87. The minimum Gasteiger partial charge on any atom is -0.391 e. The molecule has 0 spiro atoms. The first-order valence-corrected chi connectivity index (χ1v) is 12.8. The molecule has 4 nitrogen and oxygen atoms in total. The van der Waals surface area contributed by atoms with Crippen LogP contribution >= 0.6 is 34.8 Å². The van der Waals surface area contributed by atoms with E-state index >= 15 is 0 Å². The van der Waals surface area contributed by atoms with E-state index in [4.69, 9.17) is 39.5 Å². The van der Waals surface area contributed by atoms with E-state index < -0.39 is 5.60 Å². The average molecular weight is 522 g/mol. The normalized spacial score (nSPS) is 18.7. The zero-order chi connectivity index (χ0) is 24.0. The third kappa shape index (κ3) is 5.95. The molecule has 3 aromatic rings. The van der Waals surface area contributed by atoms with Gasteiger partial charge in [-0.05, 0) is 53.1 Å². The average Bonchev–Trinajstić information content (AvgIpc) is 2.85. The Hall–Kier alpha value is -1.63. The van der Waals surface area contributed by atoms with E-state index in [2.05, 4.69) is 0 Å². The van der Waals surface area contributed by atoms with Crippen molar-refractivity contribution in [1.82, 2.24) is 0 Å². The molecule has 0 aromatic heterocycles. The van der Waals surface area contributed by atoms with Crippen LogP contribution in [0.5, 0.6) is 0 Å². The van der Waals surface area contributed by atoms with Crippen LogP contribution in [-0.2, 0) is 10.3 Å². The number of aliphatic hydroxyl groups is 1. The van der Waals surface area contributed by atoms with Gasteiger partial charge < -0.3 is 19.6 Å². The molecule has 3 aromatic carbocycles. The summed E-state index contributed by atoms with van der Waals surface area (Å²) in [6.07, 6.45) is 0. The molecule has 0 unspecified atom stereocenters.